The molecule has 2 heterocycles. The molecule has 0 spiro atoms. The van der Waals surface area contributed by atoms with Crippen molar-refractivity contribution in [1.82, 2.24) is 14.5 Å². The zero-order valence-corrected chi connectivity index (χ0v) is 14.3. The van der Waals surface area contributed by atoms with Crippen molar-refractivity contribution in [2.75, 3.05) is 13.1 Å². The number of hydrogen-bond acceptors (Lipinski definition) is 4. The summed E-state index contributed by atoms with van der Waals surface area (Å²) in [6.45, 7) is 0.737. The van der Waals surface area contributed by atoms with Crippen molar-refractivity contribution in [3.8, 4) is 0 Å². The summed E-state index contributed by atoms with van der Waals surface area (Å²) in [4.78, 5) is 11.1. The largest absolute Gasteiger partial charge is 0.364 e. The van der Waals surface area contributed by atoms with Gasteiger partial charge >= 0.3 is 0 Å². The average Bonchev–Trinajstić information content (AvgIpc) is 3.05. The number of aromatic amines is 1. The predicted molar refractivity (Wildman–Crippen MR) is 89.7 cm³/mol. The number of carbonyl (C=O) groups is 1. The first-order valence-electron chi connectivity index (χ1n) is 7.92. The number of benzene rings is 1. The van der Waals surface area contributed by atoms with E-state index in [0.29, 0.717) is 31.5 Å². The zero-order chi connectivity index (χ0) is 18.0. The van der Waals surface area contributed by atoms with E-state index in [0.717, 1.165) is 5.69 Å². The number of piperidine rings is 1. The normalized spacial score (nSPS) is 16.8. The summed E-state index contributed by atoms with van der Waals surface area (Å²) >= 11 is 0. The molecule has 1 aromatic carbocycles. The van der Waals surface area contributed by atoms with Crippen LogP contribution in [0.2, 0.25) is 0 Å². The van der Waals surface area contributed by atoms with Gasteiger partial charge in [-0.1, -0.05) is 12.1 Å². The first kappa shape index (κ1) is 17.6. The van der Waals surface area contributed by atoms with Gasteiger partial charge in [0.1, 0.15) is 11.5 Å². The Morgan fingerprint density at radius 1 is 1.32 bits per heavy atom. The van der Waals surface area contributed by atoms with Crippen LogP contribution >= 0.6 is 0 Å². The van der Waals surface area contributed by atoms with Crippen LogP contribution in [-0.4, -0.2) is 41.9 Å². The molecule has 3 N–H and O–H groups in total. The SMILES string of the molecule is NC(=O)c1cc(C2CCN(S(=O)(=O)Cc3cccc(F)c3)CC2)[nH]n1. The fourth-order valence-corrected chi connectivity index (χ4v) is 4.60. The van der Waals surface area contributed by atoms with E-state index in [9.17, 15) is 17.6 Å². The topological polar surface area (TPSA) is 109 Å². The number of aromatic nitrogens is 2. The van der Waals surface area contributed by atoms with Crippen LogP contribution in [0.5, 0.6) is 0 Å². The Hall–Kier alpha value is -2.26. The van der Waals surface area contributed by atoms with Crippen LogP contribution in [0.3, 0.4) is 0 Å². The van der Waals surface area contributed by atoms with Gasteiger partial charge in [0, 0.05) is 24.7 Å². The molecule has 0 unspecified atom stereocenters. The Morgan fingerprint density at radius 3 is 2.64 bits per heavy atom. The predicted octanol–water partition coefficient (Wildman–Crippen LogP) is 1.36. The molecule has 1 amide bonds. The second-order valence-corrected chi connectivity index (χ2v) is 8.10. The third-order valence-electron chi connectivity index (χ3n) is 4.38. The third-order valence-corrected chi connectivity index (χ3v) is 6.23. The van der Waals surface area contributed by atoms with Crippen molar-refractivity contribution in [3.63, 3.8) is 0 Å². The van der Waals surface area contributed by atoms with E-state index in [2.05, 4.69) is 10.2 Å². The number of carbonyl (C=O) groups excluding carboxylic acids is 1. The van der Waals surface area contributed by atoms with E-state index in [4.69, 9.17) is 5.73 Å². The van der Waals surface area contributed by atoms with E-state index in [-0.39, 0.29) is 17.4 Å². The van der Waals surface area contributed by atoms with Crippen LogP contribution in [0, 0.1) is 5.82 Å². The molecular formula is C16H19FN4O3S. The molecule has 0 radical (unpaired) electrons. The maximum absolute atomic E-state index is 13.2. The molecule has 134 valence electrons. The fraction of sp³-hybridized carbons (Fsp3) is 0.375. The molecule has 1 saturated heterocycles. The Morgan fingerprint density at radius 2 is 2.04 bits per heavy atom. The number of halogens is 1. The highest BCUT2D eigenvalue weighted by molar-refractivity contribution is 7.88. The van der Waals surface area contributed by atoms with E-state index in [1.807, 2.05) is 0 Å². The average molecular weight is 366 g/mol. The maximum atomic E-state index is 13.2. The van der Waals surface area contributed by atoms with Crippen LogP contribution in [0.1, 0.15) is 40.5 Å². The minimum absolute atomic E-state index is 0.0984. The smallest absolute Gasteiger partial charge is 0.269 e. The number of hydrogen-bond donors (Lipinski definition) is 2. The van der Waals surface area contributed by atoms with Gasteiger partial charge in [0.15, 0.2) is 0 Å². The number of rotatable bonds is 5. The molecule has 1 fully saturated rings. The molecule has 3 rings (SSSR count). The van der Waals surface area contributed by atoms with Gasteiger partial charge in [-0.05, 0) is 36.6 Å². The molecule has 1 aliphatic rings. The monoisotopic (exact) mass is 366 g/mol. The highest BCUT2D eigenvalue weighted by Gasteiger charge is 2.29. The third kappa shape index (κ3) is 4.05. The van der Waals surface area contributed by atoms with Crippen molar-refractivity contribution in [3.05, 3.63) is 53.1 Å². The van der Waals surface area contributed by atoms with Gasteiger partial charge in [-0.15, -0.1) is 0 Å². The number of nitrogens with two attached hydrogens (primary N) is 1. The Kier molecular flexibility index (Phi) is 4.87. The fourth-order valence-electron chi connectivity index (χ4n) is 3.05. The van der Waals surface area contributed by atoms with Crippen LogP contribution in [0.4, 0.5) is 4.39 Å². The molecule has 1 aromatic heterocycles. The first-order valence-corrected chi connectivity index (χ1v) is 9.53. The van der Waals surface area contributed by atoms with Crippen LogP contribution in [-0.2, 0) is 15.8 Å². The minimum atomic E-state index is -3.50. The van der Waals surface area contributed by atoms with Crippen LogP contribution in [0.25, 0.3) is 0 Å². The molecule has 25 heavy (non-hydrogen) atoms. The van der Waals surface area contributed by atoms with Gasteiger partial charge in [-0.3, -0.25) is 9.89 Å². The van der Waals surface area contributed by atoms with Gasteiger partial charge in [0.2, 0.25) is 10.0 Å². The highest BCUT2D eigenvalue weighted by Crippen LogP contribution is 2.29. The number of amides is 1. The van der Waals surface area contributed by atoms with E-state index >= 15 is 0 Å². The quantitative estimate of drug-likeness (QED) is 0.832. The lowest BCUT2D eigenvalue weighted by Crippen LogP contribution is -2.38. The summed E-state index contributed by atoms with van der Waals surface area (Å²) < 4.78 is 39.7. The molecule has 7 nitrogen and oxygen atoms in total. The van der Waals surface area contributed by atoms with Crippen molar-refractivity contribution in [1.29, 1.82) is 0 Å². The van der Waals surface area contributed by atoms with Crippen molar-refractivity contribution in [2.45, 2.75) is 24.5 Å². The first-order chi connectivity index (χ1) is 11.8. The number of H-pyrrole nitrogens is 1. The summed E-state index contributed by atoms with van der Waals surface area (Å²) in [5, 5.41) is 6.65. The van der Waals surface area contributed by atoms with Crippen molar-refractivity contribution < 1.29 is 17.6 Å². The Labute approximate surface area is 145 Å². The summed E-state index contributed by atoms with van der Waals surface area (Å²) in [7, 11) is -3.50. The van der Waals surface area contributed by atoms with Crippen LogP contribution < -0.4 is 5.73 Å². The number of nitrogens with one attached hydrogen (secondary N) is 1. The Balaban J connectivity index is 1.63. The highest BCUT2D eigenvalue weighted by atomic mass is 32.2. The second kappa shape index (κ2) is 6.93. The van der Waals surface area contributed by atoms with E-state index in [1.54, 1.807) is 12.1 Å². The molecule has 9 heteroatoms. The van der Waals surface area contributed by atoms with Crippen molar-refractivity contribution >= 4 is 15.9 Å². The molecule has 0 saturated carbocycles. The molecule has 0 aliphatic carbocycles. The van der Waals surface area contributed by atoms with Gasteiger partial charge in [0.05, 0.1) is 5.75 Å². The summed E-state index contributed by atoms with van der Waals surface area (Å²) in [5.74, 6) is -1.17. The van der Waals surface area contributed by atoms with Crippen LogP contribution in [0.15, 0.2) is 30.3 Å². The van der Waals surface area contributed by atoms with Gasteiger partial charge in [0.25, 0.3) is 5.91 Å². The standard InChI is InChI=1S/C16H19FN4O3S/c17-13-3-1-2-11(8-13)10-25(23,24)21-6-4-12(5-7-21)14-9-15(16(18)22)20-19-14/h1-3,8-9,12H,4-7,10H2,(H2,18,22)(H,19,20). The number of nitrogens with zero attached hydrogens (tertiary/aromatic N) is 2. The van der Waals surface area contributed by atoms with Gasteiger partial charge in [-0.25, -0.2) is 17.1 Å². The molecular weight excluding hydrogens is 347 g/mol. The number of primary amides is 1. The maximum Gasteiger partial charge on any atom is 0.269 e. The summed E-state index contributed by atoms with van der Waals surface area (Å²) in [6.07, 6.45) is 1.23. The minimum Gasteiger partial charge on any atom is -0.364 e. The molecule has 0 bridgehead atoms. The van der Waals surface area contributed by atoms with Gasteiger partial charge < -0.3 is 5.73 Å². The second-order valence-electron chi connectivity index (χ2n) is 6.13. The summed E-state index contributed by atoms with van der Waals surface area (Å²) in [6, 6.07) is 7.24. The lowest BCUT2D eigenvalue weighted by Gasteiger charge is -2.30. The molecule has 1 aliphatic heterocycles. The van der Waals surface area contributed by atoms with Gasteiger partial charge in [-0.2, -0.15) is 5.10 Å². The molecule has 0 atom stereocenters. The van der Waals surface area contributed by atoms with E-state index < -0.39 is 21.7 Å². The van der Waals surface area contributed by atoms with E-state index in [1.165, 1.54) is 22.5 Å². The van der Waals surface area contributed by atoms with Crippen molar-refractivity contribution in [2.24, 2.45) is 5.73 Å². The molecule has 2 aromatic rings. The Bertz CT molecular complexity index is 873. The zero-order valence-electron chi connectivity index (χ0n) is 13.5. The summed E-state index contributed by atoms with van der Waals surface area (Å²) in [5.41, 5.74) is 6.58. The number of sulfonamides is 1. The lowest BCUT2D eigenvalue weighted by atomic mass is 9.94. The lowest BCUT2D eigenvalue weighted by molar-refractivity contribution is 0.0995.